The van der Waals surface area contributed by atoms with Crippen LogP contribution < -0.4 is 0 Å². The van der Waals surface area contributed by atoms with Crippen molar-refractivity contribution >= 4 is 43.1 Å². The normalized spacial score (nSPS) is 12.8. The monoisotopic (exact) mass is 807 g/mol. The molecule has 11 aromatic rings. The van der Waals surface area contributed by atoms with Gasteiger partial charge in [-0.3, -0.25) is 0 Å². The van der Waals surface area contributed by atoms with E-state index in [1.807, 2.05) is 0 Å². The Morgan fingerprint density at radius 1 is 0.339 bits per heavy atom. The summed E-state index contributed by atoms with van der Waals surface area (Å²) in [6.07, 6.45) is 0. The third-order valence-electron chi connectivity index (χ3n) is 13.1. The molecule has 292 valence electrons. The highest BCUT2D eigenvalue weighted by Crippen LogP contribution is 2.55. The van der Waals surface area contributed by atoms with Crippen molar-refractivity contribution in [2.45, 2.75) is 19.3 Å². The summed E-state index contributed by atoms with van der Waals surface area (Å²) in [5.41, 5.74) is 19.7. The zero-order valence-corrected chi connectivity index (χ0v) is 35.4. The molecule has 10 aromatic carbocycles. The van der Waals surface area contributed by atoms with Crippen LogP contribution in [-0.2, 0) is 5.41 Å². The number of hydrogen-bond acceptors (Lipinski definition) is 2. The standard InChI is InChI=1S/C60H41NS/c1-60(2)53-35-42(38-29-31-41(32-30-38)59-61-55-27-15-16-28-56(55)62-59)33-34-45(53)50-36-51-52(37-54(50)60)58(47-24-12-10-22-44(47)40-19-7-4-8-20-40)49-26-14-13-25-48(49)57(51)46-23-11-9-21-43(46)39-17-5-3-6-18-39/h3-37H,1-2H3. The van der Waals surface area contributed by atoms with Crippen LogP contribution in [0, 0.1) is 0 Å². The van der Waals surface area contributed by atoms with Gasteiger partial charge in [-0.25, -0.2) is 4.98 Å². The summed E-state index contributed by atoms with van der Waals surface area (Å²) in [4.78, 5) is 4.93. The van der Waals surface area contributed by atoms with E-state index in [1.54, 1.807) is 11.3 Å². The quantitative estimate of drug-likeness (QED) is 0.153. The van der Waals surface area contributed by atoms with Crippen molar-refractivity contribution in [3.8, 4) is 77.3 Å². The van der Waals surface area contributed by atoms with E-state index in [9.17, 15) is 0 Å². The largest absolute Gasteiger partial charge is 0.236 e. The highest BCUT2D eigenvalue weighted by atomic mass is 32.1. The molecule has 1 aromatic heterocycles. The zero-order chi connectivity index (χ0) is 41.4. The molecule has 0 radical (unpaired) electrons. The van der Waals surface area contributed by atoms with E-state index in [0.29, 0.717) is 0 Å². The summed E-state index contributed by atoms with van der Waals surface area (Å²) in [6, 6.07) is 78.3. The molecule has 12 rings (SSSR count). The van der Waals surface area contributed by atoms with Gasteiger partial charge in [0, 0.05) is 11.0 Å². The fourth-order valence-electron chi connectivity index (χ4n) is 10.1. The second kappa shape index (κ2) is 14.4. The summed E-state index contributed by atoms with van der Waals surface area (Å²) >= 11 is 1.75. The van der Waals surface area contributed by atoms with Crippen molar-refractivity contribution in [3.05, 3.63) is 223 Å². The maximum Gasteiger partial charge on any atom is 0.124 e. The molecule has 0 saturated carbocycles. The van der Waals surface area contributed by atoms with E-state index in [-0.39, 0.29) is 5.41 Å². The highest BCUT2D eigenvalue weighted by molar-refractivity contribution is 7.21. The van der Waals surface area contributed by atoms with E-state index in [1.165, 1.54) is 104 Å². The number of aromatic nitrogens is 1. The van der Waals surface area contributed by atoms with Gasteiger partial charge in [-0.15, -0.1) is 11.3 Å². The van der Waals surface area contributed by atoms with Crippen LogP contribution in [0.15, 0.2) is 212 Å². The fourth-order valence-corrected chi connectivity index (χ4v) is 11.1. The van der Waals surface area contributed by atoms with Crippen molar-refractivity contribution in [3.63, 3.8) is 0 Å². The summed E-state index contributed by atoms with van der Waals surface area (Å²) in [5.74, 6) is 0. The van der Waals surface area contributed by atoms with Crippen molar-refractivity contribution < 1.29 is 0 Å². The van der Waals surface area contributed by atoms with E-state index < -0.39 is 0 Å². The van der Waals surface area contributed by atoms with Crippen molar-refractivity contribution in [2.75, 3.05) is 0 Å². The van der Waals surface area contributed by atoms with Crippen LogP contribution >= 0.6 is 11.3 Å². The zero-order valence-electron chi connectivity index (χ0n) is 34.6. The molecule has 1 aliphatic rings. The number of benzene rings is 10. The topological polar surface area (TPSA) is 12.9 Å². The minimum absolute atomic E-state index is 0.236. The van der Waals surface area contributed by atoms with Crippen LogP contribution in [0.5, 0.6) is 0 Å². The predicted molar refractivity (Wildman–Crippen MR) is 265 cm³/mol. The molecule has 2 heteroatoms. The van der Waals surface area contributed by atoms with Crippen LogP contribution in [0.4, 0.5) is 0 Å². The Bertz CT molecular complexity index is 3490. The van der Waals surface area contributed by atoms with Crippen LogP contribution in [-0.4, -0.2) is 4.98 Å². The SMILES string of the molecule is CC1(C)c2cc(-c3ccc(-c4nc5ccccc5s4)cc3)ccc2-c2cc3c(-c4ccccc4-c4ccccc4)c4ccccc4c(-c4ccccc4-c4ccccc4)c3cc21. The lowest BCUT2D eigenvalue weighted by Gasteiger charge is -2.25. The second-order valence-corrected chi connectivity index (χ2v) is 18.0. The first-order valence-corrected chi connectivity index (χ1v) is 22.3. The molecule has 0 atom stereocenters. The van der Waals surface area contributed by atoms with Gasteiger partial charge in [0.15, 0.2) is 0 Å². The number of thiazole rings is 1. The lowest BCUT2D eigenvalue weighted by atomic mass is 9.78. The van der Waals surface area contributed by atoms with Gasteiger partial charge in [-0.2, -0.15) is 0 Å². The van der Waals surface area contributed by atoms with Gasteiger partial charge in [-0.05, 0) is 130 Å². The van der Waals surface area contributed by atoms with E-state index in [2.05, 4.69) is 226 Å². The van der Waals surface area contributed by atoms with Gasteiger partial charge in [0.05, 0.1) is 10.2 Å². The Labute approximate surface area is 366 Å². The average molecular weight is 808 g/mol. The summed E-state index contributed by atoms with van der Waals surface area (Å²) in [6.45, 7) is 4.82. The Kier molecular flexibility index (Phi) is 8.45. The number of para-hydroxylation sites is 1. The number of rotatable bonds is 6. The van der Waals surface area contributed by atoms with Crippen molar-refractivity contribution in [1.82, 2.24) is 4.98 Å². The molecular formula is C60H41NS. The predicted octanol–water partition coefficient (Wildman–Crippen LogP) is 16.9. The van der Waals surface area contributed by atoms with Gasteiger partial charge >= 0.3 is 0 Å². The first-order valence-electron chi connectivity index (χ1n) is 21.5. The Balaban J connectivity index is 1.09. The van der Waals surface area contributed by atoms with E-state index in [0.717, 1.165) is 16.1 Å². The molecule has 0 unspecified atom stereocenters. The molecule has 0 spiro atoms. The van der Waals surface area contributed by atoms with Gasteiger partial charge < -0.3 is 0 Å². The van der Waals surface area contributed by atoms with Crippen LogP contribution in [0.2, 0.25) is 0 Å². The summed E-state index contributed by atoms with van der Waals surface area (Å²) in [7, 11) is 0. The van der Waals surface area contributed by atoms with Crippen LogP contribution in [0.1, 0.15) is 25.0 Å². The first-order chi connectivity index (χ1) is 30.5. The molecule has 62 heavy (non-hydrogen) atoms. The molecule has 1 aliphatic carbocycles. The maximum absolute atomic E-state index is 4.93. The smallest absolute Gasteiger partial charge is 0.124 e. The van der Waals surface area contributed by atoms with Crippen molar-refractivity contribution in [1.29, 1.82) is 0 Å². The molecule has 0 aliphatic heterocycles. The Morgan fingerprint density at radius 2 is 0.823 bits per heavy atom. The number of hydrogen-bond donors (Lipinski definition) is 0. The van der Waals surface area contributed by atoms with Gasteiger partial charge in [0.25, 0.3) is 0 Å². The molecule has 0 saturated heterocycles. The molecule has 0 N–H and O–H groups in total. The molecular weight excluding hydrogens is 767 g/mol. The Hall–Kier alpha value is -7.39. The van der Waals surface area contributed by atoms with Crippen LogP contribution in [0.3, 0.4) is 0 Å². The lowest BCUT2D eigenvalue weighted by Crippen LogP contribution is -2.15. The number of nitrogens with zero attached hydrogens (tertiary/aromatic N) is 1. The van der Waals surface area contributed by atoms with E-state index in [4.69, 9.17) is 4.98 Å². The molecule has 0 amide bonds. The van der Waals surface area contributed by atoms with Gasteiger partial charge in [-0.1, -0.05) is 196 Å². The minimum atomic E-state index is -0.236. The maximum atomic E-state index is 4.93. The summed E-state index contributed by atoms with van der Waals surface area (Å²) < 4.78 is 1.22. The second-order valence-electron chi connectivity index (χ2n) is 17.0. The average Bonchev–Trinajstić information content (AvgIpc) is 3.86. The van der Waals surface area contributed by atoms with Gasteiger partial charge in [0.2, 0.25) is 0 Å². The van der Waals surface area contributed by atoms with Crippen LogP contribution in [0.25, 0.3) is 109 Å². The van der Waals surface area contributed by atoms with Crippen molar-refractivity contribution in [2.24, 2.45) is 0 Å². The first kappa shape index (κ1) is 36.5. The molecule has 0 bridgehead atoms. The number of fused-ring (bicyclic) bond motifs is 6. The Morgan fingerprint density at radius 3 is 1.44 bits per heavy atom. The fraction of sp³-hybridized carbons (Fsp3) is 0.0500. The molecule has 1 nitrogen and oxygen atoms in total. The highest BCUT2D eigenvalue weighted by Gasteiger charge is 2.37. The lowest BCUT2D eigenvalue weighted by molar-refractivity contribution is 0.661. The van der Waals surface area contributed by atoms with Gasteiger partial charge in [0.1, 0.15) is 5.01 Å². The molecule has 0 fully saturated rings. The third kappa shape index (κ3) is 5.79. The molecule has 1 heterocycles. The minimum Gasteiger partial charge on any atom is -0.236 e. The summed E-state index contributed by atoms with van der Waals surface area (Å²) in [5, 5.41) is 6.10. The van der Waals surface area contributed by atoms with E-state index >= 15 is 0 Å². The third-order valence-corrected chi connectivity index (χ3v) is 14.2.